The number of aryl methyl sites for hydroxylation is 1. The minimum atomic E-state index is -1.20. The molecule has 0 aliphatic carbocycles. The number of hydrogen-bond donors (Lipinski definition) is 1. The average Bonchev–Trinajstić information content (AvgIpc) is 2.65. The summed E-state index contributed by atoms with van der Waals surface area (Å²) in [6, 6.07) is 4.53. The third-order valence-electron chi connectivity index (χ3n) is 2.58. The van der Waals surface area contributed by atoms with Crippen LogP contribution in [0.25, 0.3) is 0 Å². The predicted octanol–water partition coefficient (Wildman–Crippen LogP) is 4.94. The van der Waals surface area contributed by atoms with E-state index in [1.54, 1.807) is 6.07 Å². The van der Waals surface area contributed by atoms with Crippen LogP contribution in [0.4, 0.5) is 8.78 Å². The molecule has 2 aromatic rings. The lowest BCUT2D eigenvalue weighted by Crippen LogP contribution is -2.05. The zero-order valence-electron chi connectivity index (χ0n) is 9.18. The average molecular weight is 398 g/mol. The maximum Gasteiger partial charge on any atom is 0.165 e. The van der Waals surface area contributed by atoms with E-state index in [4.69, 9.17) is 0 Å². The molecule has 0 amide bonds. The van der Waals surface area contributed by atoms with Crippen molar-refractivity contribution in [2.24, 2.45) is 0 Å². The van der Waals surface area contributed by atoms with Gasteiger partial charge in [0.05, 0.1) is 7.57 Å². The van der Waals surface area contributed by atoms with E-state index in [0.29, 0.717) is 9.35 Å². The van der Waals surface area contributed by atoms with Crippen molar-refractivity contribution >= 4 is 43.2 Å². The Hall–Kier alpha value is -0.300. The summed E-state index contributed by atoms with van der Waals surface area (Å²) < 4.78 is 28.7. The summed E-state index contributed by atoms with van der Waals surface area (Å²) in [5, 5.41) is 10.1. The van der Waals surface area contributed by atoms with Gasteiger partial charge < -0.3 is 5.11 Å². The van der Waals surface area contributed by atoms with E-state index in [2.05, 4.69) is 31.9 Å². The van der Waals surface area contributed by atoms with Gasteiger partial charge in [-0.05, 0) is 50.4 Å². The van der Waals surface area contributed by atoms with Crippen LogP contribution in [-0.4, -0.2) is 5.11 Å². The van der Waals surface area contributed by atoms with Crippen molar-refractivity contribution in [1.29, 1.82) is 0 Å². The van der Waals surface area contributed by atoms with Gasteiger partial charge >= 0.3 is 0 Å². The second-order valence-electron chi connectivity index (χ2n) is 3.78. The molecule has 1 unspecified atom stereocenters. The number of thiophene rings is 1. The van der Waals surface area contributed by atoms with Gasteiger partial charge in [0.25, 0.3) is 0 Å². The van der Waals surface area contributed by atoms with Crippen molar-refractivity contribution in [2.75, 3.05) is 0 Å². The van der Waals surface area contributed by atoms with Crippen molar-refractivity contribution in [3.63, 3.8) is 0 Å². The fourth-order valence-corrected chi connectivity index (χ4v) is 4.46. The van der Waals surface area contributed by atoms with Gasteiger partial charge in [-0.3, -0.25) is 0 Å². The van der Waals surface area contributed by atoms with Crippen LogP contribution >= 0.6 is 43.2 Å². The largest absolute Gasteiger partial charge is 0.383 e. The van der Waals surface area contributed by atoms with Crippen molar-refractivity contribution in [2.45, 2.75) is 13.0 Å². The molecule has 1 atom stereocenters. The first-order valence-electron chi connectivity index (χ1n) is 4.99. The summed E-state index contributed by atoms with van der Waals surface area (Å²) in [6.45, 7) is 1.48. The molecule has 0 fully saturated rings. The molecule has 1 aromatic carbocycles. The van der Waals surface area contributed by atoms with Gasteiger partial charge in [-0.2, -0.15) is 0 Å². The lowest BCUT2D eigenvalue weighted by Gasteiger charge is -2.12. The topological polar surface area (TPSA) is 20.2 Å². The molecule has 1 nitrogen and oxygen atoms in total. The van der Waals surface area contributed by atoms with Crippen molar-refractivity contribution in [3.05, 3.63) is 54.1 Å². The smallest absolute Gasteiger partial charge is 0.165 e. The molecule has 0 radical (unpaired) electrons. The molecule has 1 N–H and O–H groups in total. The third-order valence-corrected chi connectivity index (χ3v) is 4.96. The number of aliphatic hydroxyl groups is 1. The molecular weight excluding hydrogens is 390 g/mol. The van der Waals surface area contributed by atoms with E-state index in [1.807, 2.05) is 0 Å². The van der Waals surface area contributed by atoms with Crippen molar-refractivity contribution in [3.8, 4) is 0 Å². The van der Waals surface area contributed by atoms with Crippen LogP contribution in [0.2, 0.25) is 0 Å². The molecule has 1 heterocycles. The predicted molar refractivity (Wildman–Crippen MR) is 74.9 cm³/mol. The number of aliphatic hydroxyl groups excluding tert-OH is 1. The molecule has 6 heteroatoms. The molecule has 0 bridgehead atoms. The molecule has 0 aliphatic rings. The highest BCUT2D eigenvalue weighted by molar-refractivity contribution is 9.12. The molecule has 1 aromatic heterocycles. The first kappa shape index (κ1) is 14.1. The van der Waals surface area contributed by atoms with Gasteiger partial charge in [-0.25, -0.2) is 8.78 Å². The summed E-state index contributed by atoms with van der Waals surface area (Å²) in [5.41, 5.74) is 0.659. The van der Waals surface area contributed by atoms with E-state index < -0.39 is 17.7 Å². The van der Waals surface area contributed by atoms with Gasteiger partial charge in [0, 0.05) is 11.1 Å². The van der Waals surface area contributed by atoms with Gasteiger partial charge in [0.1, 0.15) is 6.10 Å². The summed E-state index contributed by atoms with van der Waals surface area (Å²) in [4.78, 5) is 0. The third kappa shape index (κ3) is 2.52. The Morgan fingerprint density at radius 1 is 1.17 bits per heavy atom. The van der Waals surface area contributed by atoms with Gasteiger partial charge in [-0.15, -0.1) is 11.3 Å². The van der Waals surface area contributed by atoms with E-state index in [9.17, 15) is 13.9 Å². The Bertz CT molecular complexity index is 598. The molecule has 18 heavy (non-hydrogen) atoms. The van der Waals surface area contributed by atoms with E-state index >= 15 is 0 Å². The fraction of sp³-hybridized carbons (Fsp3) is 0.167. The zero-order chi connectivity index (χ0) is 13.4. The molecule has 2 rings (SSSR count). The lowest BCUT2D eigenvalue weighted by molar-refractivity contribution is 0.213. The minimum Gasteiger partial charge on any atom is -0.383 e. The van der Waals surface area contributed by atoms with Crippen molar-refractivity contribution in [1.82, 2.24) is 0 Å². The maximum absolute atomic E-state index is 13.8. The normalized spacial score (nSPS) is 12.8. The van der Waals surface area contributed by atoms with Crippen LogP contribution in [0, 0.1) is 18.6 Å². The number of benzene rings is 1. The van der Waals surface area contributed by atoms with Crippen molar-refractivity contribution < 1.29 is 13.9 Å². The second-order valence-corrected chi connectivity index (χ2v) is 7.53. The Kier molecular flexibility index (Phi) is 4.21. The first-order valence-corrected chi connectivity index (χ1v) is 7.39. The monoisotopic (exact) mass is 396 g/mol. The Morgan fingerprint density at radius 3 is 2.39 bits per heavy atom. The summed E-state index contributed by atoms with van der Waals surface area (Å²) in [6.07, 6.45) is -1.20. The van der Waals surface area contributed by atoms with Gasteiger partial charge in [0.2, 0.25) is 0 Å². The van der Waals surface area contributed by atoms with Gasteiger partial charge in [0.15, 0.2) is 11.6 Å². The number of halogens is 4. The molecule has 0 aliphatic heterocycles. The van der Waals surface area contributed by atoms with E-state index in [0.717, 1.165) is 3.79 Å². The lowest BCUT2D eigenvalue weighted by atomic mass is 10.0. The summed E-state index contributed by atoms with van der Waals surface area (Å²) in [7, 11) is 0. The van der Waals surface area contributed by atoms with E-state index in [1.165, 1.54) is 30.4 Å². The highest BCUT2D eigenvalue weighted by Crippen LogP contribution is 2.38. The quantitative estimate of drug-likeness (QED) is 0.760. The van der Waals surface area contributed by atoms with Gasteiger partial charge in [-0.1, -0.05) is 12.1 Å². The highest BCUT2D eigenvalue weighted by atomic mass is 79.9. The standard InChI is InChI=1S/C12H8Br2F2OS/c1-5-2-3-6(10(16)9(5)15)11(17)7-4-8(13)18-12(7)14/h2-4,11,17H,1H3. The summed E-state index contributed by atoms with van der Waals surface area (Å²) >= 11 is 7.93. The fourth-order valence-electron chi connectivity index (χ4n) is 1.58. The van der Waals surface area contributed by atoms with Crippen LogP contribution in [-0.2, 0) is 0 Å². The number of rotatable bonds is 2. The Labute approximate surface area is 124 Å². The Balaban J connectivity index is 2.49. The van der Waals surface area contributed by atoms with Crippen LogP contribution in [0.1, 0.15) is 22.8 Å². The van der Waals surface area contributed by atoms with Crippen LogP contribution in [0.5, 0.6) is 0 Å². The van der Waals surface area contributed by atoms with Crippen LogP contribution in [0.3, 0.4) is 0 Å². The minimum absolute atomic E-state index is 0.0656. The molecular formula is C12H8Br2F2OS. The molecule has 0 spiro atoms. The SMILES string of the molecule is Cc1ccc(C(O)c2cc(Br)sc2Br)c(F)c1F. The Morgan fingerprint density at radius 2 is 1.83 bits per heavy atom. The first-order chi connectivity index (χ1) is 8.41. The van der Waals surface area contributed by atoms with Crippen LogP contribution in [0.15, 0.2) is 25.8 Å². The van der Waals surface area contributed by atoms with Crippen LogP contribution < -0.4 is 0 Å². The second kappa shape index (κ2) is 5.36. The summed E-state index contributed by atoms with van der Waals surface area (Å²) in [5.74, 6) is -1.92. The molecule has 96 valence electrons. The molecule has 0 saturated carbocycles. The zero-order valence-corrected chi connectivity index (χ0v) is 13.2. The molecule has 0 saturated heterocycles. The number of hydrogen-bond acceptors (Lipinski definition) is 2. The van der Waals surface area contributed by atoms with E-state index in [-0.39, 0.29) is 11.1 Å². The highest BCUT2D eigenvalue weighted by Gasteiger charge is 2.22. The maximum atomic E-state index is 13.8.